The third kappa shape index (κ3) is 2.82. The van der Waals surface area contributed by atoms with Crippen molar-refractivity contribution in [2.45, 2.75) is 26.7 Å². The van der Waals surface area contributed by atoms with Crippen molar-refractivity contribution in [1.82, 2.24) is 9.97 Å². The number of nitrogens with two attached hydrogens (primary N) is 1. The minimum Gasteiger partial charge on any atom is -0.384 e. The molecular weight excluding hydrogens is 166 g/mol. The molecule has 0 bridgehead atoms. The van der Waals surface area contributed by atoms with Crippen LogP contribution in [0.15, 0.2) is 6.07 Å². The Morgan fingerprint density at radius 1 is 1.54 bits per heavy atom. The predicted molar refractivity (Wildman–Crippen MR) is 50.2 cm³/mol. The summed E-state index contributed by atoms with van der Waals surface area (Å²) in [4.78, 5) is 19.1. The standard InChI is InChI=1S/C9H13N3O/c1-3-8(13)4-7-5-9(10)12-6(2)11-7/h5H,3-4H2,1-2H3,(H2,10,11,12). The van der Waals surface area contributed by atoms with Crippen LogP contribution in [0.5, 0.6) is 0 Å². The first kappa shape index (κ1) is 9.64. The van der Waals surface area contributed by atoms with Crippen LogP contribution >= 0.6 is 0 Å². The van der Waals surface area contributed by atoms with Crippen LogP contribution in [-0.2, 0) is 11.2 Å². The molecule has 1 aromatic heterocycles. The number of Topliss-reactive ketones (excluding diaryl/α,β-unsaturated/α-hetero) is 1. The van der Waals surface area contributed by atoms with E-state index in [-0.39, 0.29) is 5.78 Å². The van der Waals surface area contributed by atoms with Crippen molar-refractivity contribution in [1.29, 1.82) is 0 Å². The lowest BCUT2D eigenvalue weighted by atomic mass is 10.2. The maximum Gasteiger partial charge on any atom is 0.138 e. The third-order valence-corrected chi connectivity index (χ3v) is 1.68. The topological polar surface area (TPSA) is 68.9 Å². The fraction of sp³-hybridized carbons (Fsp3) is 0.444. The van der Waals surface area contributed by atoms with E-state index in [9.17, 15) is 4.79 Å². The molecular formula is C9H13N3O. The predicted octanol–water partition coefficient (Wildman–Crippen LogP) is 0.889. The summed E-state index contributed by atoms with van der Waals surface area (Å²) >= 11 is 0. The minimum absolute atomic E-state index is 0.164. The van der Waals surface area contributed by atoms with E-state index in [1.54, 1.807) is 13.0 Å². The van der Waals surface area contributed by atoms with Crippen molar-refractivity contribution in [3.05, 3.63) is 17.6 Å². The number of ketones is 1. The summed E-state index contributed by atoms with van der Waals surface area (Å²) in [7, 11) is 0. The molecule has 13 heavy (non-hydrogen) atoms. The molecule has 0 aliphatic heterocycles. The van der Waals surface area contributed by atoms with E-state index in [4.69, 9.17) is 5.73 Å². The van der Waals surface area contributed by atoms with Crippen LogP contribution in [0, 0.1) is 6.92 Å². The van der Waals surface area contributed by atoms with Gasteiger partial charge in [0, 0.05) is 18.9 Å². The van der Waals surface area contributed by atoms with E-state index < -0.39 is 0 Å². The maximum absolute atomic E-state index is 11.1. The monoisotopic (exact) mass is 179 g/mol. The van der Waals surface area contributed by atoms with Gasteiger partial charge in [-0.2, -0.15) is 0 Å². The molecule has 70 valence electrons. The number of aromatic nitrogens is 2. The van der Waals surface area contributed by atoms with E-state index in [0.29, 0.717) is 30.2 Å². The van der Waals surface area contributed by atoms with Gasteiger partial charge in [0.25, 0.3) is 0 Å². The number of hydrogen-bond acceptors (Lipinski definition) is 4. The van der Waals surface area contributed by atoms with Crippen LogP contribution in [0.2, 0.25) is 0 Å². The van der Waals surface area contributed by atoms with Crippen molar-refractivity contribution in [2.24, 2.45) is 0 Å². The molecule has 0 saturated carbocycles. The van der Waals surface area contributed by atoms with Crippen molar-refractivity contribution in [2.75, 3.05) is 5.73 Å². The summed E-state index contributed by atoms with van der Waals surface area (Å²) in [5.74, 6) is 1.20. The first-order valence-corrected chi connectivity index (χ1v) is 4.23. The summed E-state index contributed by atoms with van der Waals surface area (Å²) < 4.78 is 0. The highest BCUT2D eigenvalue weighted by Gasteiger charge is 2.04. The van der Waals surface area contributed by atoms with Gasteiger partial charge in [0.1, 0.15) is 17.4 Å². The van der Waals surface area contributed by atoms with Crippen molar-refractivity contribution >= 4 is 11.6 Å². The number of nitrogen functional groups attached to an aromatic ring is 1. The van der Waals surface area contributed by atoms with Crippen LogP contribution in [0.4, 0.5) is 5.82 Å². The molecule has 1 aromatic rings. The first-order valence-electron chi connectivity index (χ1n) is 4.23. The van der Waals surface area contributed by atoms with Crippen LogP contribution < -0.4 is 5.73 Å². The molecule has 0 saturated heterocycles. The number of rotatable bonds is 3. The Morgan fingerprint density at radius 2 is 2.23 bits per heavy atom. The van der Waals surface area contributed by atoms with E-state index in [2.05, 4.69) is 9.97 Å². The zero-order chi connectivity index (χ0) is 9.84. The van der Waals surface area contributed by atoms with Crippen molar-refractivity contribution < 1.29 is 4.79 Å². The number of carbonyl (C=O) groups excluding carboxylic acids is 1. The molecule has 0 unspecified atom stereocenters. The van der Waals surface area contributed by atoms with Gasteiger partial charge in [-0.15, -0.1) is 0 Å². The third-order valence-electron chi connectivity index (χ3n) is 1.68. The van der Waals surface area contributed by atoms with Crippen LogP contribution in [0.25, 0.3) is 0 Å². The Labute approximate surface area is 77.2 Å². The Balaban J connectivity index is 2.83. The molecule has 0 atom stereocenters. The summed E-state index contributed by atoms with van der Waals surface area (Å²) in [5.41, 5.74) is 6.22. The number of hydrogen-bond donors (Lipinski definition) is 1. The largest absolute Gasteiger partial charge is 0.384 e. The molecule has 4 heteroatoms. The van der Waals surface area contributed by atoms with Gasteiger partial charge in [-0.05, 0) is 6.92 Å². The van der Waals surface area contributed by atoms with Crippen LogP contribution in [0.3, 0.4) is 0 Å². The maximum atomic E-state index is 11.1. The van der Waals surface area contributed by atoms with Gasteiger partial charge < -0.3 is 5.73 Å². The molecule has 0 radical (unpaired) electrons. The van der Waals surface area contributed by atoms with Gasteiger partial charge in [-0.1, -0.05) is 6.92 Å². The number of nitrogens with zero attached hydrogens (tertiary/aromatic N) is 2. The highest BCUT2D eigenvalue weighted by atomic mass is 16.1. The Bertz CT molecular complexity index is 302. The number of carbonyl (C=O) groups is 1. The van der Waals surface area contributed by atoms with Gasteiger partial charge in [0.15, 0.2) is 0 Å². The van der Waals surface area contributed by atoms with E-state index >= 15 is 0 Å². The molecule has 0 fully saturated rings. The number of aryl methyl sites for hydroxylation is 1. The molecule has 0 aliphatic carbocycles. The van der Waals surface area contributed by atoms with Gasteiger partial charge in [0.05, 0.1) is 5.69 Å². The number of anilines is 1. The highest BCUT2D eigenvalue weighted by molar-refractivity contribution is 5.80. The van der Waals surface area contributed by atoms with E-state index in [1.165, 1.54) is 0 Å². The molecule has 0 aliphatic rings. The zero-order valence-electron chi connectivity index (χ0n) is 7.87. The van der Waals surface area contributed by atoms with Gasteiger partial charge in [-0.3, -0.25) is 4.79 Å². The minimum atomic E-state index is 0.164. The van der Waals surface area contributed by atoms with Gasteiger partial charge >= 0.3 is 0 Å². The van der Waals surface area contributed by atoms with Gasteiger partial charge in [-0.25, -0.2) is 9.97 Å². The van der Waals surface area contributed by atoms with Crippen molar-refractivity contribution in [3.8, 4) is 0 Å². The highest BCUT2D eigenvalue weighted by Crippen LogP contribution is 2.04. The Kier molecular flexibility index (Phi) is 2.95. The summed E-state index contributed by atoms with van der Waals surface area (Å²) in [6, 6.07) is 1.64. The van der Waals surface area contributed by atoms with E-state index in [0.717, 1.165) is 0 Å². The molecule has 2 N–H and O–H groups in total. The van der Waals surface area contributed by atoms with Crippen LogP contribution in [0.1, 0.15) is 24.9 Å². The Hall–Kier alpha value is -1.45. The molecule has 1 heterocycles. The average Bonchev–Trinajstić information content (AvgIpc) is 2.02. The molecule has 0 spiro atoms. The normalized spacial score (nSPS) is 10.0. The fourth-order valence-corrected chi connectivity index (χ4v) is 1.07. The average molecular weight is 179 g/mol. The lowest BCUT2D eigenvalue weighted by Crippen LogP contribution is -2.06. The second kappa shape index (κ2) is 3.98. The second-order valence-corrected chi connectivity index (χ2v) is 2.90. The SMILES string of the molecule is CCC(=O)Cc1cc(N)nc(C)n1. The molecule has 4 nitrogen and oxygen atoms in total. The van der Waals surface area contributed by atoms with Crippen LogP contribution in [-0.4, -0.2) is 15.8 Å². The Morgan fingerprint density at radius 3 is 2.77 bits per heavy atom. The first-order chi connectivity index (χ1) is 6.11. The van der Waals surface area contributed by atoms with E-state index in [1.807, 2.05) is 6.92 Å². The molecule has 0 amide bonds. The fourth-order valence-electron chi connectivity index (χ4n) is 1.07. The second-order valence-electron chi connectivity index (χ2n) is 2.90. The lowest BCUT2D eigenvalue weighted by molar-refractivity contribution is -0.118. The summed E-state index contributed by atoms with van der Waals surface area (Å²) in [6.45, 7) is 3.59. The summed E-state index contributed by atoms with van der Waals surface area (Å²) in [6.07, 6.45) is 0.882. The lowest BCUT2D eigenvalue weighted by Gasteiger charge is -2.01. The molecule has 1 rings (SSSR count). The smallest absolute Gasteiger partial charge is 0.138 e. The molecule has 0 aromatic carbocycles. The quantitative estimate of drug-likeness (QED) is 0.748. The van der Waals surface area contributed by atoms with Gasteiger partial charge in [0.2, 0.25) is 0 Å². The van der Waals surface area contributed by atoms with Crippen molar-refractivity contribution in [3.63, 3.8) is 0 Å². The zero-order valence-corrected chi connectivity index (χ0v) is 7.87. The summed E-state index contributed by atoms with van der Waals surface area (Å²) in [5, 5.41) is 0.